The topological polar surface area (TPSA) is 106 Å². The molecule has 5 aromatic rings. The lowest BCUT2D eigenvalue weighted by atomic mass is 9.94. The summed E-state index contributed by atoms with van der Waals surface area (Å²) < 4.78 is 18.3. The number of hydrogen-bond donors (Lipinski definition) is 0. The van der Waals surface area contributed by atoms with E-state index >= 15 is 0 Å². The van der Waals surface area contributed by atoms with Gasteiger partial charge >= 0.3 is 0 Å². The molecule has 9 rings (SSSR count). The van der Waals surface area contributed by atoms with Gasteiger partial charge in [-0.25, -0.2) is 0 Å². The van der Waals surface area contributed by atoms with Gasteiger partial charge in [0.1, 0.15) is 19.0 Å². The van der Waals surface area contributed by atoms with E-state index in [0.29, 0.717) is 58.5 Å². The number of aromatic nitrogens is 1. The van der Waals surface area contributed by atoms with E-state index in [-0.39, 0.29) is 37.1 Å². The first kappa shape index (κ1) is 33.5. The fourth-order valence-corrected chi connectivity index (χ4v) is 7.93. The van der Waals surface area contributed by atoms with Crippen molar-refractivity contribution in [1.29, 1.82) is 0 Å². The number of rotatable bonds is 7. The van der Waals surface area contributed by atoms with E-state index < -0.39 is 0 Å². The average Bonchev–Trinajstić information content (AvgIpc) is 3.40. The van der Waals surface area contributed by atoms with Gasteiger partial charge in [-0.2, -0.15) is 0 Å². The van der Waals surface area contributed by atoms with Crippen LogP contribution in [0.15, 0.2) is 94.9 Å². The second-order valence-electron chi connectivity index (χ2n) is 14.4. The predicted octanol–water partition coefficient (Wildman–Crippen LogP) is 7.43. The maximum Gasteiger partial charge on any atom is 0.257 e. The number of aliphatic imine (C=N–C) groups is 2. The first-order valence-corrected chi connectivity index (χ1v) is 18.2. The lowest BCUT2D eigenvalue weighted by Crippen LogP contribution is -2.44. The standard InChI is InChI=1S/C44H39N5O5/c1-26-12-32(24-53-40-18-38-36(14-27(40)2)43(50)48-22-30-10-6-4-8-28(30)15-34(48)20-45-38)47-33(13-26)25-54-42-19-39-37(17-41(42)52-3)44(51)49-23-31-11-7-5-9-29(31)16-35(49)21-46-39/h4-14,17-21,34-35H,15-16,22-25H2,1-3H3/t34-,35-/m0/s1. The Morgan fingerprint density at radius 2 is 1.13 bits per heavy atom. The van der Waals surface area contributed by atoms with Crippen LogP contribution in [0.4, 0.5) is 11.4 Å². The summed E-state index contributed by atoms with van der Waals surface area (Å²) in [6.07, 6.45) is 5.22. The molecule has 0 unspecified atom stereocenters. The van der Waals surface area contributed by atoms with Gasteiger partial charge in [0.05, 0.1) is 53.1 Å². The largest absolute Gasteiger partial charge is 0.493 e. The van der Waals surface area contributed by atoms with Crippen molar-refractivity contribution in [2.45, 2.75) is 65.1 Å². The van der Waals surface area contributed by atoms with Crippen molar-refractivity contribution >= 4 is 35.6 Å². The number of ether oxygens (including phenoxy) is 3. The number of aryl methyl sites for hydroxylation is 2. The fourth-order valence-electron chi connectivity index (χ4n) is 7.93. The van der Waals surface area contributed by atoms with Gasteiger partial charge < -0.3 is 24.0 Å². The molecule has 1 aromatic heterocycles. The molecule has 4 aromatic carbocycles. The summed E-state index contributed by atoms with van der Waals surface area (Å²) in [6.45, 7) is 5.43. The molecule has 0 fully saturated rings. The molecule has 2 amide bonds. The molecule has 4 aliphatic rings. The van der Waals surface area contributed by atoms with Crippen molar-refractivity contribution < 1.29 is 23.8 Å². The molecule has 10 heteroatoms. The Morgan fingerprint density at radius 1 is 0.630 bits per heavy atom. The molecule has 270 valence electrons. The van der Waals surface area contributed by atoms with Crippen LogP contribution in [0.5, 0.6) is 17.2 Å². The van der Waals surface area contributed by atoms with E-state index in [9.17, 15) is 9.59 Å². The van der Waals surface area contributed by atoms with Crippen LogP contribution in [0.3, 0.4) is 0 Å². The molecule has 0 aliphatic carbocycles. The van der Waals surface area contributed by atoms with Gasteiger partial charge in [0.25, 0.3) is 11.8 Å². The third-order valence-electron chi connectivity index (χ3n) is 10.7. The van der Waals surface area contributed by atoms with Crippen LogP contribution in [-0.4, -0.2) is 58.2 Å². The molecule has 0 N–H and O–H groups in total. The number of carbonyl (C=O) groups is 2. The van der Waals surface area contributed by atoms with Crippen LogP contribution in [0, 0.1) is 13.8 Å². The minimum absolute atomic E-state index is 0.0204. The van der Waals surface area contributed by atoms with Crippen LogP contribution >= 0.6 is 0 Å². The maximum atomic E-state index is 13.8. The van der Waals surface area contributed by atoms with Crippen LogP contribution in [-0.2, 0) is 39.1 Å². The predicted molar refractivity (Wildman–Crippen MR) is 206 cm³/mol. The molecule has 0 bridgehead atoms. The Kier molecular flexibility index (Phi) is 8.45. The minimum Gasteiger partial charge on any atom is -0.493 e. The summed E-state index contributed by atoms with van der Waals surface area (Å²) in [5, 5.41) is 0. The van der Waals surface area contributed by atoms with Crippen molar-refractivity contribution in [1.82, 2.24) is 14.8 Å². The Labute approximate surface area is 313 Å². The van der Waals surface area contributed by atoms with Crippen LogP contribution < -0.4 is 14.2 Å². The van der Waals surface area contributed by atoms with Gasteiger partial charge in [0, 0.05) is 37.7 Å². The molecule has 4 aliphatic heterocycles. The Balaban J connectivity index is 0.902. The fraction of sp³-hybridized carbons (Fsp3) is 0.250. The first-order valence-electron chi connectivity index (χ1n) is 18.2. The molecule has 10 nitrogen and oxygen atoms in total. The highest BCUT2D eigenvalue weighted by atomic mass is 16.5. The zero-order valence-electron chi connectivity index (χ0n) is 30.4. The van der Waals surface area contributed by atoms with E-state index in [1.807, 2.05) is 84.6 Å². The highest BCUT2D eigenvalue weighted by Gasteiger charge is 2.34. The van der Waals surface area contributed by atoms with E-state index in [2.05, 4.69) is 24.3 Å². The van der Waals surface area contributed by atoms with E-state index in [4.69, 9.17) is 29.2 Å². The lowest BCUT2D eigenvalue weighted by molar-refractivity contribution is 0.0696. The Hall–Kier alpha value is -6.29. The average molecular weight is 718 g/mol. The van der Waals surface area contributed by atoms with Crippen LogP contribution in [0.1, 0.15) is 65.5 Å². The van der Waals surface area contributed by atoms with Crippen LogP contribution in [0.2, 0.25) is 0 Å². The van der Waals surface area contributed by atoms with Crippen LogP contribution in [0.25, 0.3) is 0 Å². The third-order valence-corrected chi connectivity index (χ3v) is 10.7. The number of amides is 2. The molecule has 2 atom stereocenters. The highest BCUT2D eigenvalue weighted by Crippen LogP contribution is 2.39. The molecule has 54 heavy (non-hydrogen) atoms. The van der Waals surface area contributed by atoms with E-state index in [0.717, 1.165) is 35.2 Å². The third kappa shape index (κ3) is 6.17. The van der Waals surface area contributed by atoms with Gasteiger partial charge in [-0.05, 0) is 84.3 Å². The van der Waals surface area contributed by atoms with E-state index in [1.165, 1.54) is 16.7 Å². The Morgan fingerprint density at radius 3 is 1.69 bits per heavy atom. The van der Waals surface area contributed by atoms with Gasteiger partial charge in [0.15, 0.2) is 11.5 Å². The number of benzene rings is 4. The minimum atomic E-state index is -0.127. The number of hydrogen-bond acceptors (Lipinski definition) is 8. The molecular weight excluding hydrogens is 679 g/mol. The van der Waals surface area contributed by atoms with Crippen molar-refractivity contribution in [3.05, 3.63) is 141 Å². The molecule has 0 saturated heterocycles. The summed E-state index contributed by atoms with van der Waals surface area (Å²) in [4.78, 5) is 45.7. The number of nitrogens with zero attached hydrogens (tertiary/aromatic N) is 5. The van der Waals surface area contributed by atoms with Crippen molar-refractivity contribution in [2.75, 3.05) is 7.11 Å². The quantitative estimate of drug-likeness (QED) is 0.173. The zero-order chi connectivity index (χ0) is 36.9. The normalized spacial score (nSPS) is 18.0. The Bertz CT molecular complexity index is 2400. The van der Waals surface area contributed by atoms with Gasteiger partial charge in [-0.15, -0.1) is 0 Å². The van der Waals surface area contributed by atoms with Gasteiger partial charge in [-0.3, -0.25) is 24.6 Å². The molecule has 5 heterocycles. The molecule has 0 saturated carbocycles. The molecule has 0 radical (unpaired) electrons. The smallest absolute Gasteiger partial charge is 0.257 e. The summed E-state index contributed by atoms with van der Waals surface area (Å²) in [5.41, 5.74) is 10.3. The van der Waals surface area contributed by atoms with Crippen molar-refractivity contribution in [2.24, 2.45) is 9.98 Å². The van der Waals surface area contributed by atoms with Crippen molar-refractivity contribution in [3.8, 4) is 17.2 Å². The summed E-state index contributed by atoms with van der Waals surface area (Å²) >= 11 is 0. The zero-order valence-corrected chi connectivity index (χ0v) is 30.4. The maximum absolute atomic E-state index is 13.8. The summed E-state index contributed by atoms with van der Waals surface area (Å²) in [7, 11) is 1.56. The monoisotopic (exact) mass is 717 g/mol. The lowest BCUT2D eigenvalue weighted by Gasteiger charge is -2.34. The molecule has 0 spiro atoms. The number of carbonyl (C=O) groups excluding carboxylic acids is 2. The summed E-state index contributed by atoms with van der Waals surface area (Å²) in [6, 6.07) is 27.5. The number of methoxy groups -OCH3 is 1. The second-order valence-corrected chi connectivity index (χ2v) is 14.4. The van der Waals surface area contributed by atoms with E-state index in [1.54, 1.807) is 19.2 Å². The molecular formula is C44H39N5O5. The van der Waals surface area contributed by atoms with Gasteiger partial charge in [-0.1, -0.05) is 48.5 Å². The van der Waals surface area contributed by atoms with Gasteiger partial charge in [0.2, 0.25) is 0 Å². The highest BCUT2D eigenvalue weighted by molar-refractivity contribution is 6.04. The number of fused-ring (bicyclic) bond motifs is 6. The SMILES string of the molecule is COc1cc2c(cc1OCc1cc(C)cc(COc3cc4c(cc3C)C(=O)N3Cc5ccccc5C[C@H]3C=N4)n1)N=C[C@@H]1Cc3ccccc3CN1C2=O. The first-order chi connectivity index (χ1) is 26.3. The second kappa shape index (κ2) is 13.6. The number of pyridine rings is 1. The summed E-state index contributed by atoms with van der Waals surface area (Å²) in [5.74, 6) is 1.47. The van der Waals surface area contributed by atoms with Crippen molar-refractivity contribution in [3.63, 3.8) is 0 Å².